The van der Waals surface area contributed by atoms with Crippen molar-refractivity contribution in [1.29, 1.82) is 5.26 Å². The van der Waals surface area contributed by atoms with E-state index in [4.69, 9.17) is 11.7 Å². The summed E-state index contributed by atoms with van der Waals surface area (Å²) in [5.74, 6) is 3.56. The predicted octanol–water partition coefficient (Wildman–Crippen LogP) is 1.24. The highest BCUT2D eigenvalue weighted by Crippen LogP contribution is 2.02. The van der Waals surface area contributed by atoms with Crippen LogP contribution in [0.2, 0.25) is 0 Å². The van der Waals surface area contributed by atoms with Crippen LogP contribution in [0.3, 0.4) is 0 Å². The van der Waals surface area contributed by atoms with E-state index in [0.29, 0.717) is 6.54 Å². The Morgan fingerprint density at radius 2 is 2.42 bits per heavy atom. The molecular weight excluding hydrogens is 168 g/mol. The zero-order valence-corrected chi connectivity index (χ0v) is 8.16. The summed E-state index contributed by atoms with van der Waals surface area (Å²) in [5.41, 5.74) is 0. The lowest BCUT2D eigenvalue weighted by Gasteiger charge is -2.07. The molecule has 0 saturated carbocycles. The summed E-state index contributed by atoms with van der Waals surface area (Å²) >= 11 is 1.80. The van der Waals surface area contributed by atoms with Crippen LogP contribution in [0.25, 0.3) is 0 Å². The molecule has 1 unspecified atom stereocenters. The van der Waals surface area contributed by atoms with E-state index >= 15 is 0 Å². The van der Waals surface area contributed by atoms with Crippen molar-refractivity contribution in [3.8, 4) is 18.4 Å². The van der Waals surface area contributed by atoms with Crippen LogP contribution in [0.4, 0.5) is 0 Å². The maximum atomic E-state index is 8.66. The van der Waals surface area contributed by atoms with Gasteiger partial charge in [-0.15, -0.1) is 6.42 Å². The monoisotopic (exact) mass is 182 g/mol. The number of hydrogen-bond acceptors (Lipinski definition) is 3. The van der Waals surface area contributed by atoms with Crippen LogP contribution in [-0.2, 0) is 0 Å². The molecule has 0 amide bonds. The van der Waals surface area contributed by atoms with E-state index in [0.717, 1.165) is 18.6 Å². The number of nitriles is 1. The summed E-state index contributed by atoms with van der Waals surface area (Å²) in [6.45, 7) is 0.484. The van der Waals surface area contributed by atoms with Gasteiger partial charge in [-0.05, 0) is 24.9 Å². The molecule has 0 spiro atoms. The number of nitrogens with zero attached hydrogens (tertiary/aromatic N) is 1. The minimum absolute atomic E-state index is 0.0757. The van der Waals surface area contributed by atoms with Crippen molar-refractivity contribution in [2.75, 3.05) is 18.6 Å². The first-order valence-electron chi connectivity index (χ1n) is 3.90. The highest BCUT2D eigenvalue weighted by atomic mass is 32.2. The van der Waals surface area contributed by atoms with E-state index < -0.39 is 0 Å². The van der Waals surface area contributed by atoms with Crippen molar-refractivity contribution in [2.24, 2.45) is 0 Å². The second kappa shape index (κ2) is 8.46. The SMILES string of the molecule is C#CCNC(C#N)CCCSC. The lowest BCUT2D eigenvalue weighted by Crippen LogP contribution is -2.27. The summed E-state index contributed by atoms with van der Waals surface area (Å²) in [6.07, 6.45) is 9.08. The van der Waals surface area contributed by atoms with Gasteiger partial charge in [0.2, 0.25) is 0 Å². The van der Waals surface area contributed by atoms with Gasteiger partial charge in [-0.1, -0.05) is 5.92 Å². The number of thioether (sulfide) groups is 1. The highest BCUT2D eigenvalue weighted by Gasteiger charge is 2.03. The molecule has 0 rings (SSSR count). The Morgan fingerprint density at radius 1 is 1.67 bits per heavy atom. The molecule has 12 heavy (non-hydrogen) atoms. The lowest BCUT2D eigenvalue weighted by atomic mass is 10.2. The van der Waals surface area contributed by atoms with Gasteiger partial charge in [0.1, 0.15) is 0 Å². The van der Waals surface area contributed by atoms with Gasteiger partial charge in [0.05, 0.1) is 18.7 Å². The molecule has 0 radical (unpaired) electrons. The van der Waals surface area contributed by atoms with E-state index in [1.165, 1.54) is 0 Å². The highest BCUT2D eigenvalue weighted by molar-refractivity contribution is 7.98. The van der Waals surface area contributed by atoms with E-state index in [9.17, 15) is 0 Å². The molecule has 0 heterocycles. The van der Waals surface area contributed by atoms with Gasteiger partial charge in [0, 0.05) is 0 Å². The van der Waals surface area contributed by atoms with Crippen LogP contribution in [0, 0.1) is 23.7 Å². The Morgan fingerprint density at radius 3 is 2.92 bits per heavy atom. The standard InChI is InChI=1S/C9H14N2S/c1-3-6-11-9(8-10)5-4-7-12-2/h1,9,11H,4-7H2,2H3. The lowest BCUT2D eigenvalue weighted by molar-refractivity contribution is 0.597. The fourth-order valence-electron chi connectivity index (χ4n) is 0.826. The van der Waals surface area contributed by atoms with Gasteiger partial charge in [0.15, 0.2) is 0 Å². The number of rotatable bonds is 6. The maximum absolute atomic E-state index is 8.66. The molecule has 0 aliphatic heterocycles. The van der Waals surface area contributed by atoms with Gasteiger partial charge in [-0.3, -0.25) is 5.32 Å². The second-order valence-electron chi connectivity index (χ2n) is 2.40. The first-order valence-corrected chi connectivity index (χ1v) is 5.30. The summed E-state index contributed by atoms with van der Waals surface area (Å²) in [5, 5.41) is 11.6. The third-order valence-corrected chi connectivity index (χ3v) is 2.14. The Bertz CT molecular complexity index is 178. The molecule has 2 nitrogen and oxygen atoms in total. The molecule has 0 aromatic heterocycles. The predicted molar refractivity (Wildman–Crippen MR) is 53.9 cm³/mol. The summed E-state index contributed by atoms with van der Waals surface area (Å²) < 4.78 is 0. The quantitative estimate of drug-likeness (QED) is 0.496. The van der Waals surface area contributed by atoms with Crippen LogP contribution in [0.5, 0.6) is 0 Å². The molecule has 0 aliphatic rings. The topological polar surface area (TPSA) is 35.8 Å². The van der Waals surface area contributed by atoms with Crippen molar-refractivity contribution < 1.29 is 0 Å². The van der Waals surface area contributed by atoms with Crippen LogP contribution in [-0.4, -0.2) is 24.6 Å². The van der Waals surface area contributed by atoms with Crippen molar-refractivity contribution in [3.63, 3.8) is 0 Å². The normalized spacial score (nSPS) is 11.6. The molecule has 3 heteroatoms. The van der Waals surface area contributed by atoms with Crippen molar-refractivity contribution in [1.82, 2.24) is 5.32 Å². The average Bonchev–Trinajstić information content (AvgIpc) is 2.11. The molecular formula is C9H14N2S. The van der Waals surface area contributed by atoms with Gasteiger partial charge in [-0.2, -0.15) is 17.0 Å². The molecule has 0 aliphatic carbocycles. The number of terminal acetylenes is 1. The molecule has 66 valence electrons. The number of nitrogens with one attached hydrogen (secondary N) is 1. The van der Waals surface area contributed by atoms with Crippen LogP contribution in [0.1, 0.15) is 12.8 Å². The zero-order valence-electron chi connectivity index (χ0n) is 7.34. The van der Waals surface area contributed by atoms with Gasteiger partial charge in [0.25, 0.3) is 0 Å². The Hall–Kier alpha value is -0.640. The third-order valence-electron chi connectivity index (χ3n) is 1.45. The van der Waals surface area contributed by atoms with Crippen molar-refractivity contribution in [2.45, 2.75) is 18.9 Å². The summed E-state index contributed by atoms with van der Waals surface area (Å²) in [7, 11) is 0. The smallest absolute Gasteiger partial charge is 0.0960 e. The largest absolute Gasteiger partial charge is 0.291 e. The van der Waals surface area contributed by atoms with E-state index in [2.05, 4.69) is 23.6 Å². The summed E-state index contributed by atoms with van der Waals surface area (Å²) in [6, 6.07) is 2.10. The van der Waals surface area contributed by atoms with Crippen LogP contribution in [0.15, 0.2) is 0 Å². The van der Waals surface area contributed by atoms with E-state index in [1.54, 1.807) is 11.8 Å². The first kappa shape index (κ1) is 11.4. The molecule has 1 atom stereocenters. The maximum Gasteiger partial charge on any atom is 0.0960 e. The van der Waals surface area contributed by atoms with Crippen molar-refractivity contribution in [3.05, 3.63) is 0 Å². The summed E-state index contributed by atoms with van der Waals surface area (Å²) in [4.78, 5) is 0. The van der Waals surface area contributed by atoms with E-state index in [1.807, 2.05) is 0 Å². The average molecular weight is 182 g/mol. The zero-order chi connectivity index (χ0) is 9.23. The van der Waals surface area contributed by atoms with E-state index in [-0.39, 0.29) is 6.04 Å². The van der Waals surface area contributed by atoms with Crippen LogP contribution < -0.4 is 5.32 Å². The second-order valence-corrected chi connectivity index (χ2v) is 3.39. The van der Waals surface area contributed by atoms with Gasteiger partial charge in [-0.25, -0.2) is 0 Å². The molecule has 0 bridgehead atoms. The fourth-order valence-corrected chi connectivity index (χ4v) is 1.28. The van der Waals surface area contributed by atoms with Crippen LogP contribution >= 0.6 is 11.8 Å². The molecule has 0 fully saturated rings. The molecule has 1 N–H and O–H groups in total. The Balaban J connectivity index is 3.43. The van der Waals surface area contributed by atoms with Gasteiger partial charge >= 0.3 is 0 Å². The Labute approximate surface area is 78.7 Å². The molecule has 0 aromatic carbocycles. The number of hydrogen-bond donors (Lipinski definition) is 1. The Kier molecular flexibility index (Phi) is 8.01. The van der Waals surface area contributed by atoms with Crippen molar-refractivity contribution >= 4 is 11.8 Å². The first-order chi connectivity index (χ1) is 5.85. The third kappa shape index (κ3) is 6.09. The molecule has 0 aromatic rings. The minimum atomic E-state index is -0.0757. The molecule has 0 saturated heterocycles. The van der Waals surface area contributed by atoms with Gasteiger partial charge < -0.3 is 0 Å². The minimum Gasteiger partial charge on any atom is -0.291 e. The fraction of sp³-hybridized carbons (Fsp3) is 0.667.